The molecule has 2 aromatic rings. The summed E-state index contributed by atoms with van der Waals surface area (Å²) in [6.07, 6.45) is 6.36. The van der Waals surface area contributed by atoms with Gasteiger partial charge in [0.1, 0.15) is 11.6 Å². The highest BCUT2D eigenvalue weighted by atomic mass is 16.5. The summed E-state index contributed by atoms with van der Waals surface area (Å²) in [6, 6.07) is 9.01. The van der Waals surface area contributed by atoms with Crippen LogP contribution in [0.4, 0.5) is 0 Å². The first kappa shape index (κ1) is 17.5. The average molecular weight is 355 g/mol. The van der Waals surface area contributed by atoms with E-state index in [1.54, 1.807) is 7.11 Å². The maximum absolute atomic E-state index is 5.41. The summed E-state index contributed by atoms with van der Waals surface area (Å²) < 4.78 is 7.53. The van der Waals surface area contributed by atoms with Crippen molar-refractivity contribution in [2.45, 2.75) is 31.3 Å². The van der Waals surface area contributed by atoms with Crippen LogP contribution in [0.25, 0.3) is 0 Å². The normalized spacial score (nSPS) is 24.8. The van der Waals surface area contributed by atoms with Crippen molar-refractivity contribution in [2.75, 3.05) is 26.7 Å². The van der Waals surface area contributed by atoms with Gasteiger partial charge >= 0.3 is 0 Å². The lowest BCUT2D eigenvalue weighted by Gasteiger charge is -2.36. The molecule has 2 aliphatic rings. The first-order chi connectivity index (χ1) is 12.7. The van der Waals surface area contributed by atoms with Gasteiger partial charge in [0.2, 0.25) is 0 Å². The monoisotopic (exact) mass is 355 g/mol. The number of aryl methyl sites for hydroxylation is 1. The molecular formula is C20H29N5O. The van der Waals surface area contributed by atoms with Crippen molar-refractivity contribution in [3.63, 3.8) is 0 Å². The smallest absolute Gasteiger partial charge is 0.122 e. The molecule has 0 radical (unpaired) electrons. The number of imidazole rings is 1. The van der Waals surface area contributed by atoms with Gasteiger partial charge in [-0.25, -0.2) is 4.98 Å². The summed E-state index contributed by atoms with van der Waals surface area (Å²) in [5.41, 5.74) is 8.31. The number of hydrogen-bond acceptors (Lipinski definition) is 5. The van der Waals surface area contributed by atoms with Gasteiger partial charge in [-0.1, -0.05) is 12.1 Å². The molecule has 4 rings (SSSR count). The Hall–Kier alpha value is -1.89. The summed E-state index contributed by atoms with van der Waals surface area (Å²) in [5, 5.41) is 0. The average Bonchev–Trinajstić information content (AvgIpc) is 3.32. The number of likely N-dealkylation sites (tertiary alicyclic amines) is 1. The lowest BCUT2D eigenvalue weighted by atomic mass is 9.80. The number of rotatable bonds is 5. The van der Waals surface area contributed by atoms with Crippen LogP contribution in [-0.4, -0.2) is 47.2 Å². The van der Waals surface area contributed by atoms with Crippen molar-refractivity contribution in [2.24, 2.45) is 13.0 Å². The fourth-order valence-electron chi connectivity index (χ4n) is 4.38. The Kier molecular flexibility index (Phi) is 5.24. The third-order valence-corrected chi connectivity index (χ3v) is 5.97. The second-order valence-corrected chi connectivity index (χ2v) is 7.50. The van der Waals surface area contributed by atoms with Gasteiger partial charge in [-0.05, 0) is 49.5 Å². The molecule has 26 heavy (non-hydrogen) atoms. The van der Waals surface area contributed by atoms with Crippen LogP contribution >= 0.6 is 0 Å². The zero-order chi connectivity index (χ0) is 17.9. The molecule has 6 heteroatoms. The van der Waals surface area contributed by atoms with Crippen LogP contribution in [0, 0.1) is 5.92 Å². The largest absolute Gasteiger partial charge is 0.497 e. The quantitative estimate of drug-likeness (QED) is 0.858. The first-order valence-corrected chi connectivity index (χ1v) is 9.55. The van der Waals surface area contributed by atoms with Crippen LogP contribution in [0.15, 0.2) is 36.7 Å². The summed E-state index contributed by atoms with van der Waals surface area (Å²) in [6.45, 7) is 4.21. The van der Waals surface area contributed by atoms with Crippen LogP contribution in [0.2, 0.25) is 0 Å². The Morgan fingerprint density at radius 1 is 1.27 bits per heavy atom. The molecule has 0 saturated carbocycles. The fourth-order valence-corrected chi connectivity index (χ4v) is 4.38. The van der Waals surface area contributed by atoms with Crippen molar-refractivity contribution in [1.29, 1.82) is 0 Å². The van der Waals surface area contributed by atoms with E-state index < -0.39 is 0 Å². The molecule has 2 aliphatic heterocycles. The maximum Gasteiger partial charge on any atom is 0.122 e. The number of nitrogens with zero attached hydrogens (tertiary/aromatic N) is 3. The van der Waals surface area contributed by atoms with Crippen molar-refractivity contribution < 1.29 is 4.74 Å². The number of aromatic nitrogens is 2. The standard InChI is InChI=1S/C20H29N5O/c1-24-11-8-21-19(24)14-25-9-6-15(7-10-25)20-18(13-22-23-20)16-4-3-5-17(12-16)26-2/h3-5,8,11-12,15,18,20,22-23H,6-7,9-10,13-14H2,1-2H3. The van der Waals surface area contributed by atoms with E-state index in [9.17, 15) is 0 Å². The summed E-state index contributed by atoms with van der Waals surface area (Å²) in [4.78, 5) is 6.99. The minimum Gasteiger partial charge on any atom is -0.497 e. The van der Waals surface area contributed by atoms with E-state index in [1.807, 2.05) is 18.5 Å². The second kappa shape index (κ2) is 7.78. The van der Waals surface area contributed by atoms with Gasteiger partial charge in [0, 0.05) is 37.9 Å². The molecule has 2 unspecified atom stereocenters. The SMILES string of the molecule is COc1cccc(C2CNNC2C2CCN(Cc3nccn3C)CC2)c1. The highest BCUT2D eigenvalue weighted by molar-refractivity contribution is 5.32. The molecule has 0 aliphatic carbocycles. The first-order valence-electron chi connectivity index (χ1n) is 9.55. The Morgan fingerprint density at radius 3 is 2.85 bits per heavy atom. The molecule has 2 saturated heterocycles. The molecular weight excluding hydrogens is 326 g/mol. The lowest BCUT2D eigenvalue weighted by Crippen LogP contribution is -2.44. The minimum absolute atomic E-state index is 0.484. The molecule has 2 fully saturated rings. The molecule has 0 spiro atoms. The maximum atomic E-state index is 5.41. The van der Waals surface area contributed by atoms with Gasteiger partial charge in [0.25, 0.3) is 0 Å². The van der Waals surface area contributed by atoms with Crippen LogP contribution in [0.3, 0.4) is 0 Å². The highest BCUT2D eigenvalue weighted by Gasteiger charge is 2.36. The fraction of sp³-hybridized carbons (Fsp3) is 0.550. The van der Waals surface area contributed by atoms with E-state index in [4.69, 9.17) is 4.74 Å². The third kappa shape index (κ3) is 3.63. The van der Waals surface area contributed by atoms with Gasteiger partial charge in [-0.2, -0.15) is 0 Å². The Balaban J connectivity index is 1.38. The van der Waals surface area contributed by atoms with Crippen molar-refractivity contribution in [1.82, 2.24) is 25.3 Å². The van der Waals surface area contributed by atoms with E-state index >= 15 is 0 Å². The van der Waals surface area contributed by atoms with Gasteiger partial charge in [-0.15, -0.1) is 0 Å². The number of benzene rings is 1. The molecule has 2 atom stereocenters. The Morgan fingerprint density at radius 2 is 2.12 bits per heavy atom. The zero-order valence-corrected chi connectivity index (χ0v) is 15.7. The van der Waals surface area contributed by atoms with Crippen LogP contribution in [-0.2, 0) is 13.6 Å². The van der Waals surface area contributed by atoms with Crippen molar-refractivity contribution in [3.8, 4) is 5.75 Å². The molecule has 0 bridgehead atoms. The highest BCUT2D eigenvalue weighted by Crippen LogP contribution is 2.33. The van der Waals surface area contributed by atoms with Gasteiger partial charge in [0.05, 0.1) is 13.7 Å². The number of nitrogens with one attached hydrogen (secondary N) is 2. The topological polar surface area (TPSA) is 54.4 Å². The number of hydrazine groups is 1. The van der Waals surface area contributed by atoms with Gasteiger partial charge < -0.3 is 9.30 Å². The molecule has 1 aromatic heterocycles. The minimum atomic E-state index is 0.484. The van der Waals surface area contributed by atoms with E-state index in [-0.39, 0.29) is 0 Å². The summed E-state index contributed by atoms with van der Waals surface area (Å²) in [7, 11) is 3.81. The second-order valence-electron chi connectivity index (χ2n) is 7.50. The van der Waals surface area contributed by atoms with E-state index in [0.29, 0.717) is 17.9 Å². The van der Waals surface area contributed by atoms with E-state index in [2.05, 4.69) is 50.5 Å². The predicted octanol–water partition coefficient (Wildman–Crippen LogP) is 1.90. The van der Waals surface area contributed by atoms with Gasteiger partial charge in [0.15, 0.2) is 0 Å². The van der Waals surface area contributed by atoms with E-state index in [1.165, 1.54) is 18.4 Å². The molecule has 1 aromatic carbocycles. The van der Waals surface area contributed by atoms with Crippen LogP contribution < -0.4 is 15.6 Å². The molecule has 0 amide bonds. The third-order valence-electron chi connectivity index (χ3n) is 5.97. The molecule has 3 heterocycles. The Bertz CT molecular complexity index is 722. The predicted molar refractivity (Wildman–Crippen MR) is 102 cm³/mol. The van der Waals surface area contributed by atoms with Crippen LogP contribution in [0.5, 0.6) is 5.75 Å². The van der Waals surface area contributed by atoms with Crippen LogP contribution in [0.1, 0.15) is 30.1 Å². The molecule has 2 N–H and O–H groups in total. The number of methoxy groups -OCH3 is 1. The Labute approximate surface area is 155 Å². The molecule has 6 nitrogen and oxygen atoms in total. The molecule has 140 valence electrons. The van der Waals surface area contributed by atoms with Crippen molar-refractivity contribution in [3.05, 3.63) is 48.0 Å². The van der Waals surface area contributed by atoms with Gasteiger partial charge in [-0.3, -0.25) is 15.8 Å². The number of piperidine rings is 1. The zero-order valence-electron chi connectivity index (χ0n) is 15.7. The number of ether oxygens (including phenoxy) is 1. The number of hydrogen-bond donors (Lipinski definition) is 2. The van der Waals surface area contributed by atoms with E-state index in [0.717, 1.165) is 37.8 Å². The van der Waals surface area contributed by atoms with Crippen molar-refractivity contribution >= 4 is 0 Å². The lowest BCUT2D eigenvalue weighted by molar-refractivity contribution is 0.148. The summed E-state index contributed by atoms with van der Waals surface area (Å²) >= 11 is 0. The summed E-state index contributed by atoms with van der Waals surface area (Å²) in [5.74, 6) is 3.28.